The molecule has 0 radical (unpaired) electrons. The molecular weight excluding hydrogens is 328 g/mol. The van der Waals surface area contributed by atoms with Gasteiger partial charge in [-0.25, -0.2) is 0 Å². The number of carbonyl (C=O) groups excluding carboxylic acids is 1. The Labute approximate surface area is 145 Å². The summed E-state index contributed by atoms with van der Waals surface area (Å²) in [5.41, 5.74) is 1.99. The zero-order valence-electron chi connectivity index (χ0n) is 14.2. The molecule has 1 atom stereocenters. The summed E-state index contributed by atoms with van der Waals surface area (Å²) < 4.78 is 10.4. The van der Waals surface area contributed by atoms with Crippen LogP contribution in [0.5, 0.6) is 0 Å². The van der Waals surface area contributed by atoms with Crippen LogP contribution in [0.15, 0.2) is 9.05 Å². The Morgan fingerprint density at radius 1 is 1.29 bits per heavy atom. The van der Waals surface area contributed by atoms with Crippen molar-refractivity contribution in [3.63, 3.8) is 0 Å². The van der Waals surface area contributed by atoms with Gasteiger partial charge in [0.25, 0.3) is 0 Å². The predicted octanol–water partition coefficient (Wildman–Crippen LogP) is 2.62. The largest absolute Gasteiger partial charge is 0.361 e. The van der Waals surface area contributed by atoms with Gasteiger partial charge in [-0.1, -0.05) is 10.3 Å². The fourth-order valence-electron chi connectivity index (χ4n) is 2.92. The number of hydrogen-bond donors (Lipinski definition) is 0. The van der Waals surface area contributed by atoms with Crippen LogP contribution in [0.25, 0.3) is 0 Å². The number of rotatable bonds is 5. The van der Waals surface area contributed by atoms with Gasteiger partial charge in [-0.15, -0.1) is 11.8 Å². The first-order chi connectivity index (χ1) is 11.5. The first-order valence-electron chi connectivity index (χ1n) is 8.12. The van der Waals surface area contributed by atoms with Crippen molar-refractivity contribution in [2.75, 3.05) is 18.8 Å². The minimum atomic E-state index is 0.150. The van der Waals surface area contributed by atoms with E-state index >= 15 is 0 Å². The number of amides is 1. The van der Waals surface area contributed by atoms with E-state index in [2.05, 4.69) is 15.3 Å². The highest BCUT2D eigenvalue weighted by Crippen LogP contribution is 2.26. The monoisotopic (exact) mass is 350 g/mol. The maximum Gasteiger partial charge on any atom is 0.232 e. The molecule has 130 valence electrons. The van der Waals surface area contributed by atoms with Gasteiger partial charge in [-0.05, 0) is 33.6 Å². The molecule has 1 fully saturated rings. The average Bonchev–Trinajstić information content (AvgIpc) is 3.15. The number of likely N-dealkylation sites (tertiary alicyclic amines) is 1. The average molecular weight is 350 g/mol. The lowest BCUT2D eigenvalue weighted by atomic mass is 9.98. The van der Waals surface area contributed by atoms with Crippen LogP contribution in [0.2, 0.25) is 0 Å². The van der Waals surface area contributed by atoms with Crippen molar-refractivity contribution in [1.29, 1.82) is 0 Å². The number of aromatic nitrogens is 3. The molecule has 1 amide bonds. The molecule has 0 aliphatic carbocycles. The van der Waals surface area contributed by atoms with Gasteiger partial charge in [0, 0.05) is 24.4 Å². The molecule has 1 unspecified atom stereocenters. The zero-order valence-corrected chi connectivity index (χ0v) is 15.1. The summed E-state index contributed by atoms with van der Waals surface area (Å²) in [6.07, 6.45) is 1.95. The molecule has 2 aromatic heterocycles. The molecular formula is C16H22N4O3S. The van der Waals surface area contributed by atoms with Crippen LogP contribution in [0, 0.1) is 20.8 Å². The van der Waals surface area contributed by atoms with E-state index in [0.29, 0.717) is 24.0 Å². The molecule has 1 aliphatic heterocycles. The number of thioether (sulfide) groups is 1. The van der Waals surface area contributed by atoms with Crippen LogP contribution in [-0.2, 0) is 10.5 Å². The van der Waals surface area contributed by atoms with Gasteiger partial charge < -0.3 is 13.9 Å². The van der Waals surface area contributed by atoms with Crippen molar-refractivity contribution in [2.45, 2.75) is 45.3 Å². The van der Waals surface area contributed by atoms with Crippen molar-refractivity contribution in [2.24, 2.45) is 0 Å². The Morgan fingerprint density at radius 3 is 2.79 bits per heavy atom. The molecule has 24 heavy (non-hydrogen) atoms. The van der Waals surface area contributed by atoms with E-state index in [1.165, 1.54) is 0 Å². The summed E-state index contributed by atoms with van der Waals surface area (Å²) >= 11 is 1.60. The second-order valence-electron chi connectivity index (χ2n) is 6.15. The normalized spacial score (nSPS) is 18.1. The van der Waals surface area contributed by atoms with Crippen LogP contribution < -0.4 is 0 Å². The number of aryl methyl sites for hydroxylation is 3. The van der Waals surface area contributed by atoms with Crippen molar-refractivity contribution in [3.05, 3.63) is 28.7 Å². The summed E-state index contributed by atoms with van der Waals surface area (Å²) in [6.45, 7) is 7.10. The molecule has 3 heterocycles. The molecule has 1 aliphatic rings. The molecule has 0 N–H and O–H groups in total. The quantitative estimate of drug-likeness (QED) is 0.819. The van der Waals surface area contributed by atoms with Crippen LogP contribution in [0.3, 0.4) is 0 Å². The first kappa shape index (κ1) is 17.0. The fraction of sp³-hybridized carbons (Fsp3) is 0.625. The molecule has 8 heteroatoms. The molecule has 0 spiro atoms. The highest BCUT2D eigenvalue weighted by atomic mass is 32.2. The van der Waals surface area contributed by atoms with Gasteiger partial charge in [-0.2, -0.15) is 4.98 Å². The van der Waals surface area contributed by atoms with Crippen molar-refractivity contribution < 1.29 is 13.8 Å². The number of nitrogens with zero attached hydrogens (tertiary/aromatic N) is 4. The maximum atomic E-state index is 12.5. The second-order valence-corrected chi connectivity index (χ2v) is 7.14. The summed E-state index contributed by atoms with van der Waals surface area (Å²) in [5.74, 6) is 3.63. The molecule has 0 aromatic carbocycles. The van der Waals surface area contributed by atoms with Crippen LogP contribution in [0.1, 0.15) is 47.5 Å². The van der Waals surface area contributed by atoms with E-state index in [1.54, 1.807) is 11.8 Å². The Kier molecular flexibility index (Phi) is 5.23. The molecule has 3 rings (SSSR count). The SMILES string of the molecule is Cc1noc(C2CCCN(C(=O)CSCc3c(C)noc3C)C2)n1. The lowest BCUT2D eigenvalue weighted by Crippen LogP contribution is -2.40. The van der Waals surface area contributed by atoms with Crippen LogP contribution in [-0.4, -0.2) is 44.9 Å². The third kappa shape index (κ3) is 3.80. The minimum absolute atomic E-state index is 0.150. The van der Waals surface area contributed by atoms with E-state index in [9.17, 15) is 4.79 Å². The lowest BCUT2D eigenvalue weighted by molar-refractivity contribution is -0.129. The van der Waals surface area contributed by atoms with E-state index in [1.807, 2.05) is 25.7 Å². The Hall–Kier alpha value is -1.83. The first-order valence-corrected chi connectivity index (χ1v) is 9.27. The number of hydrogen-bond acceptors (Lipinski definition) is 7. The fourth-order valence-corrected chi connectivity index (χ4v) is 4.00. The third-order valence-electron chi connectivity index (χ3n) is 4.32. The third-order valence-corrected chi connectivity index (χ3v) is 5.26. The van der Waals surface area contributed by atoms with Gasteiger partial charge in [0.05, 0.1) is 17.4 Å². The maximum absolute atomic E-state index is 12.5. The van der Waals surface area contributed by atoms with Crippen LogP contribution >= 0.6 is 11.8 Å². The van der Waals surface area contributed by atoms with Crippen molar-refractivity contribution >= 4 is 17.7 Å². The Balaban J connectivity index is 1.51. The van der Waals surface area contributed by atoms with Gasteiger partial charge in [0.1, 0.15) is 5.76 Å². The van der Waals surface area contributed by atoms with Crippen molar-refractivity contribution in [3.8, 4) is 0 Å². The zero-order chi connectivity index (χ0) is 17.1. The highest BCUT2D eigenvalue weighted by molar-refractivity contribution is 7.99. The van der Waals surface area contributed by atoms with Gasteiger partial charge in [-0.3, -0.25) is 4.79 Å². The predicted molar refractivity (Wildman–Crippen MR) is 89.7 cm³/mol. The second kappa shape index (κ2) is 7.38. The molecule has 1 saturated heterocycles. The topological polar surface area (TPSA) is 85.3 Å². The lowest BCUT2D eigenvalue weighted by Gasteiger charge is -2.31. The smallest absolute Gasteiger partial charge is 0.232 e. The van der Waals surface area contributed by atoms with E-state index in [0.717, 1.165) is 42.2 Å². The molecule has 7 nitrogen and oxygen atoms in total. The number of piperidine rings is 1. The Bertz CT molecular complexity index is 692. The minimum Gasteiger partial charge on any atom is -0.361 e. The molecule has 0 saturated carbocycles. The summed E-state index contributed by atoms with van der Waals surface area (Å²) in [7, 11) is 0. The highest BCUT2D eigenvalue weighted by Gasteiger charge is 2.28. The van der Waals surface area contributed by atoms with E-state index in [4.69, 9.17) is 9.05 Å². The van der Waals surface area contributed by atoms with Gasteiger partial charge in [0.2, 0.25) is 11.8 Å². The number of carbonyl (C=O) groups is 1. The Morgan fingerprint density at radius 2 is 2.12 bits per heavy atom. The summed E-state index contributed by atoms with van der Waals surface area (Å²) in [5, 5.41) is 7.79. The van der Waals surface area contributed by atoms with E-state index < -0.39 is 0 Å². The van der Waals surface area contributed by atoms with Gasteiger partial charge in [0.15, 0.2) is 5.82 Å². The summed E-state index contributed by atoms with van der Waals surface area (Å²) in [6, 6.07) is 0. The summed E-state index contributed by atoms with van der Waals surface area (Å²) in [4.78, 5) is 18.7. The van der Waals surface area contributed by atoms with E-state index in [-0.39, 0.29) is 11.8 Å². The van der Waals surface area contributed by atoms with Crippen molar-refractivity contribution in [1.82, 2.24) is 20.2 Å². The molecule has 2 aromatic rings. The molecule has 0 bridgehead atoms. The van der Waals surface area contributed by atoms with Crippen LogP contribution in [0.4, 0.5) is 0 Å². The standard InChI is InChI=1S/C16H22N4O3S/c1-10-14(11(2)22-18-10)8-24-9-15(21)20-6-4-5-13(7-20)16-17-12(3)19-23-16/h13H,4-9H2,1-3H3. The van der Waals surface area contributed by atoms with Gasteiger partial charge >= 0.3 is 0 Å².